The number of aliphatic hydroxyl groups excluding tert-OH is 1. The number of nitrogens with zero attached hydrogens (tertiary/aromatic N) is 1. The summed E-state index contributed by atoms with van der Waals surface area (Å²) in [5, 5.41) is 14.2. The van der Waals surface area contributed by atoms with Gasteiger partial charge in [-0.2, -0.15) is 0 Å². The van der Waals surface area contributed by atoms with E-state index >= 15 is 0 Å². The van der Waals surface area contributed by atoms with Crippen LogP contribution >= 0.6 is 0 Å². The molecule has 0 saturated heterocycles. The number of hydrogen-bond donors (Lipinski definition) is 2. The Labute approximate surface area is 141 Å². The van der Waals surface area contributed by atoms with Gasteiger partial charge < -0.3 is 10.4 Å². The fourth-order valence-electron chi connectivity index (χ4n) is 2.79. The number of pyridine rings is 1. The van der Waals surface area contributed by atoms with Crippen molar-refractivity contribution in [3.8, 4) is 0 Å². The maximum absolute atomic E-state index is 12.6. The van der Waals surface area contributed by atoms with Gasteiger partial charge in [-0.15, -0.1) is 0 Å². The van der Waals surface area contributed by atoms with Crippen LogP contribution in [0.4, 0.5) is 0 Å². The van der Waals surface area contributed by atoms with Crippen LogP contribution in [-0.4, -0.2) is 22.0 Å². The maximum atomic E-state index is 12.6. The van der Waals surface area contributed by atoms with Crippen LogP contribution in [0.2, 0.25) is 0 Å². The molecular weight excluding hydrogens is 300 g/mol. The molecule has 0 aliphatic carbocycles. The second kappa shape index (κ2) is 7.23. The van der Waals surface area contributed by atoms with Gasteiger partial charge in [0.25, 0.3) is 5.91 Å². The molecule has 24 heavy (non-hydrogen) atoms. The zero-order chi connectivity index (χ0) is 16.9. The van der Waals surface area contributed by atoms with Crippen LogP contribution in [0.25, 0.3) is 10.9 Å². The molecule has 0 aliphatic heterocycles. The van der Waals surface area contributed by atoms with Gasteiger partial charge in [0.2, 0.25) is 0 Å². The van der Waals surface area contributed by atoms with Gasteiger partial charge in [0.05, 0.1) is 17.2 Å². The van der Waals surface area contributed by atoms with E-state index in [0.717, 1.165) is 10.9 Å². The Morgan fingerprint density at radius 1 is 1.08 bits per heavy atom. The van der Waals surface area contributed by atoms with Gasteiger partial charge >= 0.3 is 0 Å². The molecule has 0 bridgehead atoms. The van der Waals surface area contributed by atoms with Gasteiger partial charge in [-0.1, -0.05) is 48.5 Å². The summed E-state index contributed by atoms with van der Waals surface area (Å²) in [6.45, 7) is 1.89. The standard InChI is InChI=1S/C20H20N2O2/c1-14(13-18(23)15-7-3-2-4-8-15)22-20(24)17-11-5-9-16-10-6-12-21-19(16)17/h2-12,14,18,23H,13H2,1H3,(H,22,24)/t14-,18-/m0/s1. The molecule has 0 radical (unpaired) electrons. The number of nitrogens with one attached hydrogen (secondary N) is 1. The van der Waals surface area contributed by atoms with Crippen LogP contribution < -0.4 is 5.32 Å². The summed E-state index contributed by atoms with van der Waals surface area (Å²) in [6.07, 6.45) is 1.53. The minimum absolute atomic E-state index is 0.160. The van der Waals surface area contributed by atoms with E-state index in [1.54, 1.807) is 12.3 Å². The number of aliphatic hydroxyl groups is 1. The van der Waals surface area contributed by atoms with E-state index in [1.807, 2.05) is 61.5 Å². The summed E-state index contributed by atoms with van der Waals surface area (Å²) in [5.41, 5.74) is 2.09. The normalized spacial score (nSPS) is 13.4. The number of carbonyl (C=O) groups is 1. The summed E-state index contributed by atoms with van der Waals surface area (Å²) in [4.78, 5) is 16.9. The molecule has 0 fully saturated rings. The Morgan fingerprint density at radius 2 is 1.83 bits per heavy atom. The Hall–Kier alpha value is -2.72. The first-order chi connectivity index (χ1) is 11.6. The fraction of sp³-hybridized carbons (Fsp3) is 0.200. The molecule has 3 aromatic rings. The molecule has 2 atom stereocenters. The van der Waals surface area contributed by atoms with E-state index < -0.39 is 6.10 Å². The first-order valence-electron chi connectivity index (χ1n) is 8.03. The van der Waals surface area contributed by atoms with E-state index in [0.29, 0.717) is 17.5 Å². The summed E-state index contributed by atoms with van der Waals surface area (Å²) in [5.74, 6) is -0.174. The van der Waals surface area contributed by atoms with Gasteiger partial charge in [0.15, 0.2) is 0 Å². The van der Waals surface area contributed by atoms with Crippen LogP contribution in [0.15, 0.2) is 66.9 Å². The van der Waals surface area contributed by atoms with Crippen LogP contribution in [0.1, 0.15) is 35.4 Å². The lowest BCUT2D eigenvalue weighted by Gasteiger charge is -2.18. The smallest absolute Gasteiger partial charge is 0.253 e. The molecule has 0 unspecified atom stereocenters. The van der Waals surface area contributed by atoms with E-state index in [4.69, 9.17) is 0 Å². The summed E-state index contributed by atoms with van der Waals surface area (Å²) in [6, 6.07) is 18.6. The van der Waals surface area contributed by atoms with Crippen molar-refractivity contribution in [1.29, 1.82) is 0 Å². The molecule has 4 nitrogen and oxygen atoms in total. The molecular formula is C20H20N2O2. The maximum Gasteiger partial charge on any atom is 0.253 e. The highest BCUT2D eigenvalue weighted by molar-refractivity contribution is 6.05. The van der Waals surface area contributed by atoms with E-state index in [-0.39, 0.29) is 11.9 Å². The Balaban J connectivity index is 1.70. The number of fused-ring (bicyclic) bond motifs is 1. The van der Waals surface area contributed by atoms with E-state index in [1.165, 1.54) is 0 Å². The number of para-hydroxylation sites is 1. The molecule has 3 rings (SSSR count). The van der Waals surface area contributed by atoms with Crippen molar-refractivity contribution in [2.45, 2.75) is 25.5 Å². The van der Waals surface area contributed by atoms with Crippen molar-refractivity contribution in [1.82, 2.24) is 10.3 Å². The first-order valence-corrected chi connectivity index (χ1v) is 8.03. The van der Waals surface area contributed by atoms with Gasteiger partial charge in [-0.25, -0.2) is 0 Å². The first kappa shape index (κ1) is 16.1. The Morgan fingerprint density at radius 3 is 2.62 bits per heavy atom. The van der Waals surface area contributed by atoms with Crippen molar-refractivity contribution in [3.05, 3.63) is 78.0 Å². The minimum Gasteiger partial charge on any atom is -0.388 e. The van der Waals surface area contributed by atoms with Gasteiger partial charge in [0.1, 0.15) is 0 Å². The average Bonchev–Trinajstić information content (AvgIpc) is 2.61. The average molecular weight is 320 g/mol. The minimum atomic E-state index is -0.604. The lowest BCUT2D eigenvalue weighted by Crippen LogP contribution is -2.34. The molecule has 1 amide bonds. The molecule has 2 aromatic carbocycles. The molecule has 1 aromatic heterocycles. The van der Waals surface area contributed by atoms with Crippen molar-refractivity contribution in [3.63, 3.8) is 0 Å². The molecule has 2 N–H and O–H groups in total. The largest absolute Gasteiger partial charge is 0.388 e. The van der Waals surface area contributed by atoms with Crippen LogP contribution in [-0.2, 0) is 0 Å². The quantitative estimate of drug-likeness (QED) is 0.756. The zero-order valence-corrected chi connectivity index (χ0v) is 13.5. The monoisotopic (exact) mass is 320 g/mol. The van der Waals surface area contributed by atoms with Gasteiger partial charge in [-0.3, -0.25) is 9.78 Å². The number of benzene rings is 2. The number of hydrogen-bond acceptors (Lipinski definition) is 3. The number of amides is 1. The van der Waals surface area contributed by atoms with Crippen molar-refractivity contribution in [2.24, 2.45) is 0 Å². The molecule has 0 saturated carbocycles. The number of rotatable bonds is 5. The Kier molecular flexibility index (Phi) is 4.87. The van der Waals surface area contributed by atoms with Crippen molar-refractivity contribution in [2.75, 3.05) is 0 Å². The molecule has 122 valence electrons. The SMILES string of the molecule is C[C@@H](C[C@H](O)c1ccccc1)NC(=O)c1cccc2cccnc12. The third-order valence-electron chi connectivity index (χ3n) is 4.02. The van der Waals surface area contributed by atoms with Crippen LogP contribution in [0.3, 0.4) is 0 Å². The summed E-state index contributed by atoms with van der Waals surface area (Å²) < 4.78 is 0. The highest BCUT2D eigenvalue weighted by Crippen LogP contribution is 2.19. The van der Waals surface area contributed by atoms with Crippen molar-refractivity contribution < 1.29 is 9.90 Å². The van der Waals surface area contributed by atoms with Crippen LogP contribution in [0, 0.1) is 0 Å². The molecule has 0 aliphatic rings. The third-order valence-corrected chi connectivity index (χ3v) is 4.02. The van der Waals surface area contributed by atoms with Crippen LogP contribution in [0.5, 0.6) is 0 Å². The second-order valence-electron chi connectivity index (χ2n) is 5.92. The second-order valence-corrected chi connectivity index (χ2v) is 5.92. The fourth-order valence-corrected chi connectivity index (χ4v) is 2.79. The highest BCUT2D eigenvalue weighted by Gasteiger charge is 2.17. The third kappa shape index (κ3) is 3.60. The topological polar surface area (TPSA) is 62.2 Å². The predicted molar refractivity (Wildman–Crippen MR) is 94.7 cm³/mol. The Bertz CT molecular complexity index is 828. The zero-order valence-electron chi connectivity index (χ0n) is 13.5. The lowest BCUT2D eigenvalue weighted by atomic mass is 10.0. The highest BCUT2D eigenvalue weighted by atomic mass is 16.3. The number of aromatic nitrogens is 1. The summed E-state index contributed by atoms with van der Waals surface area (Å²) in [7, 11) is 0. The number of carbonyl (C=O) groups excluding carboxylic acids is 1. The van der Waals surface area contributed by atoms with E-state index in [2.05, 4.69) is 10.3 Å². The van der Waals surface area contributed by atoms with Gasteiger partial charge in [-0.05, 0) is 31.0 Å². The predicted octanol–water partition coefficient (Wildman–Crippen LogP) is 3.48. The molecule has 1 heterocycles. The van der Waals surface area contributed by atoms with E-state index in [9.17, 15) is 9.90 Å². The molecule has 0 spiro atoms. The lowest BCUT2D eigenvalue weighted by molar-refractivity contribution is 0.0918. The van der Waals surface area contributed by atoms with Crippen molar-refractivity contribution >= 4 is 16.8 Å². The summed E-state index contributed by atoms with van der Waals surface area (Å²) >= 11 is 0. The van der Waals surface area contributed by atoms with Gasteiger partial charge in [0, 0.05) is 17.6 Å². The molecule has 4 heteroatoms.